The summed E-state index contributed by atoms with van der Waals surface area (Å²) in [5, 5.41) is 8.24. The van der Waals surface area contributed by atoms with Gasteiger partial charge in [0.05, 0.1) is 4.91 Å². The lowest BCUT2D eigenvalue weighted by molar-refractivity contribution is -0.140. The average Bonchev–Trinajstić information content (AvgIpc) is 2.89. The van der Waals surface area contributed by atoms with Crippen LogP contribution in [0, 0.1) is 6.92 Å². The number of carboxylic acid groups (broad SMARTS) is 1. The summed E-state index contributed by atoms with van der Waals surface area (Å²) in [5.41, 5.74) is 2.82. The normalized spacial score (nSPS) is 15.4. The van der Waals surface area contributed by atoms with E-state index in [0.717, 1.165) is 22.9 Å². The topological polar surface area (TPSA) is 83.9 Å². The molecule has 1 aliphatic heterocycles. The van der Waals surface area contributed by atoms with Gasteiger partial charge in [-0.3, -0.25) is 19.3 Å². The maximum Gasteiger partial charge on any atom is 0.323 e. The summed E-state index contributed by atoms with van der Waals surface area (Å²) in [6, 6.07) is 15.1. The minimum atomic E-state index is -1.24. The van der Waals surface area contributed by atoms with Crippen molar-refractivity contribution >= 4 is 35.0 Å². The van der Waals surface area contributed by atoms with Gasteiger partial charge >= 0.3 is 5.97 Å². The number of imide groups is 1. The Labute approximate surface area is 160 Å². The van der Waals surface area contributed by atoms with Crippen molar-refractivity contribution in [2.75, 3.05) is 6.54 Å². The van der Waals surface area contributed by atoms with Gasteiger partial charge in [0.1, 0.15) is 18.9 Å². The predicted molar refractivity (Wildman–Crippen MR) is 102 cm³/mol. The Kier molecular flexibility index (Phi) is 5.61. The number of carboxylic acids is 1. The number of carbonyl (C=O) groups excluding carboxylic acids is 2. The number of para-hydroxylation sites is 1. The Bertz CT molecular complexity index is 920. The van der Waals surface area contributed by atoms with E-state index in [1.807, 2.05) is 37.3 Å². The maximum atomic E-state index is 12.3. The van der Waals surface area contributed by atoms with Crippen molar-refractivity contribution in [2.45, 2.75) is 13.5 Å². The van der Waals surface area contributed by atoms with Crippen molar-refractivity contribution in [1.29, 1.82) is 0 Å². The molecule has 138 valence electrons. The first-order valence-corrected chi connectivity index (χ1v) is 9.00. The van der Waals surface area contributed by atoms with Gasteiger partial charge in [0.25, 0.3) is 11.1 Å². The summed E-state index contributed by atoms with van der Waals surface area (Å²) < 4.78 is 5.87. The molecule has 0 aliphatic carbocycles. The molecular weight excluding hydrogens is 366 g/mol. The summed E-state index contributed by atoms with van der Waals surface area (Å²) in [7, 11) is 0. The highest BCUT2D eigenvalue weighted by Gasteiger charge is 2.36. The van der Waals surface area contributed by atoms with Crippen LogP contribution in [-0.4, -0.2) is 33.7 Å². The lowest BCUT2D eigenvalue weighted by Gasteiger charge is -2.10. The first-order valence-electron chi connectivity index (χ1n) is 8.18. The van der Waals surface area contributed by atoms with Crippen LogP contribution in [0.2, 0.25) is 0 Å². The second-order valence-electron chi connectivity index (χ2n) is 5.97. The Morgan fingerprint density at radius 3 is 2.56 bits per heavy atom. The molecule has 7 heteroatoms. The standard InChI is InChI=1S/C20H17NO5S/c1-13-6-8-14(9-7-13)12-26-16-5-3-2-4-15(16)10-17-19(24)21(11-18(22)23)20(25)27-17/h2-10H,11-12H2,1H3,(H,22,23)/b17-10-. The van der Waals surface area contributed by atoms with Gasteiger partial charge in [-0.1, -0.05) is 48.0 Å². The third-order valence-electron chi connectivity index (χ3n) is 3.89. The molecule has 0 bridgehead atoms. The summed E-state index contributed by atoms with van der Waals surface area (Å²) in [6.45, 7) is 1.73. The molecule has 1 N–H and O–H groups in total. The van der Waals surface area contributed by atoms with Crippen LogP contribution in [0.15, 0.2) is 53.4 Å². The van der Waals surface area contributed by atoms with E-state index in [1.54, 1.807) is 24.3 Å². The fourth-order valence-corrected chi connectivity index (χ4v) is 3.32. The number of aryl methyl sites for hydroxylation is 1. The number of rotatable bonds is 6. The quantitative estimate of drug-likeness (QED) is 0.766. The molecule has 0 atom stereocenters. The van der Waals surface area contributed by atoms with Gasteiger partial charge in [0.2, 0.25) is 0 Å². The van der Waals surface area contributed by atoms with Gasteiger partial charge in [0, 0.05) is 5.56 Å². The number of carbonyl (C=O) groups is 3. The number of amides is 2. The summed E-state index contributed by atoms with van der Waals surface area (Å²) in [5.74, 6) is -1.27. The van der Waals surface area contributed by atoms with Crippen LogP contribution in [0.25, 0.3) is 6.08 Å². The SMILES string of the molecule is Cc1ccc(COc2ccccc2/C=C2\SC(=O)N(CC(=O)O)C2=O)cc1. The van der Waals surface area contributed by atoms with Crippen LogP contribution >= 0.6 is 11.8 Å². The Hall–Kier alpha value is -3.06. The van der Waals surface area contributed by atoms with E-state index >= 15 is 0 Å². The first-order chi connectivity index (χ1) is 12.9. The second kappa shape index (κ2) is 8.09. The Morgan fingerprint density at radius 2 is 1.85 bits per heavy atom. The maximum absolute atomic E-state index is 12.3. The number of thioether (sulfide) groups is 1. The van der Waals surface area contributed by atoms with Gasteiger partial charge < -0.3 is 9.84 Å². The molecule has 1 saturated heterocycles. The van der Waals surface area contributed by atoms with Gasteiger partial charge in [-0.25, -0.2) is 0 Å². The zero-order chi connectivity index (χ0) is 19.4. The third kappa shape index (κ3) is 4.57. The number of ether oxygens (including phenoxy) is 1. The van der Waals surface area contributed by atoms with E-state index < -0.39 is 23.7 Å². The molecule has 2 aromatic carbocycles. The molecule has 1 aliphatic rings. The van der Waals surface area contributed by atoms with E-state index in [-0.39, 0.29) is 4.91 Å². The van der Waals surface area contributed by atoms with E-state index in [9.17, 15) is 14.4 Å². The molecule has 6 nitrogen and oxygen atoms in total. The molecule has 0 saturated carbocycles. The fourth-order valence-electron chi connectivity index (χ4n) is 2.49. The molecule has 1 heterocycles. The zero-order valence-corrected chi connectivity index (χ0v) is 15.4. The minimum Gasteiger partial charge on any atom is -0.488 e. The molecule has 2 aromatic rings. The molecule has 0 unspecified atom stereocenters. The van der Waals surface area contributed by atoms with Crippen molar-refractivity contribution < 1.29 is 24.2 Å². The van der Waals surface area contributed by atoms with Crippen LogP contribution in [-0.2, 0) is 16.2 Å². The fraction of sp³-hybridized carbons (Fsp3) is 0.150. The van der Waals surface area contributed by atoms with Crippen LogP contribution in [0.3, 0.4) is 0 Å². The van der Waals surface area contributed by atoms with Crippen molar-refractivity contribution in [1.82, 2.24) is 4.90 Å². The molecular formula is C20H17NO5S. The highest BCUT2D eigenvalue weighted by molar-refractivity contribution is 8.18. The number of hydrogen-bond donors (Lipinski definition) is 1. The monoisotopic (exact) mass is 383 g/mol. The van der Waals surface area contributed by atoms with Gasteiger partial charge in [-0.15, -0.1) is 0 Å². The number of benzene rings is 2. The first kappa shape index (κ1) is 18.7. The molecule has 0 radical (unpaired) electrons. The second-order valence-corrected chi connectivity index (χ2v) is 6.97. The zero-order valence-electron chi connectivity index (χ0n) is 14.5. The average molecular weight is 383 g/mol. The molecule has 0 spiro atoms. The van der Waals surface area contributed by atoms with E-state index in [1.165, 1.54) is 0 Å². The van der Waals surface area contributed by atoms with Gasteiger partial charge in [-0.2, -0.15) is 0 Å². The van der Waals surface area contributed by atoms with Crippen molar-refractivity contribution in [3.8, 4) is 5.75 Å². The van der Waals surface area contributed by atoms with E-state index in [2.05, 4.69) is 0 Å². The van der Waals surface area contributed by atoms with Crippen LogP contribution in [0.1, 0.15) is 16.7 Å². The van der Waals surface area contributed by atoms with Crippen LogP contribution in [0.5, 0.6) is 5.75 Å². The smallest absolute Gasteiger partial charge is 0.323 e. The van der Waals surface area contributed by atoms with Crippen LogP contribution in [0.4, 0.5) is 4.79 Å². The van der Waals surface area contributed by atoms with Crippen molar-refractivity contribution in [2.24, 2.45) is 0 Å². The van der Waals surface area contributed by atoms with Gasteiger partial charge in [0.15, 0.2) is 0 Å². The third-order valence-corrected chi connectivity index (χ3v) is 4.79. The summed E-state index contributed by atoms with van der Waals surface area (Å²) >= 11 is 0.723. The lowest BCUT2D eigenvalue weighted by Crippen LogP contribution is -2.33. The van der Waals surface area contributed by atoms with Crippen LogP contribution < -0.4 is 4.74 Å². The van der Waals surface area contributed by atoms with E-state index in [4.69, 9.17) is 9.84 Å². The van der Waals surface area contributed by atoms with Gasteiger partial charge in [-0.05, 0) is 36.4 Å². The predicted octanol–water partition coefficient (Wildman–Crippen LogP) is 3.69. The van der Waals surface area contributed by atoms with Crippen molar-refractivity contribution in [3.05, 3.63) is 70.1 Å². The van der Waals surface area contributed by atoms with E-state index in [0.29, 0.717) is 22.8 Å². The molecule has 3 rings (SSSR count). The summed E-state index contributed by atoms with van der Waals surface area (Å²) in [4.78, 5) is 35.9. The van der Waals surface area contributed by atoms with Crippen molar-refractivity contribution in [3.63, 3.8) is 0 Å². The Balaban J connectivity index is 1.78. The molecule has 1 fully saturated rings. The minimum absolute atomic E-state index is 0.174. The molecule has 2 amide bonds. The largest absolute Gasteiger partial charge is 0.488 e. The number of hydrogen-bond acceptors (Lipinski definition) is 5. The number of nitrogens with zero attached hydrogens (tertiary/aromatic N) is 1. The highest BCUT2D eigenvalue weighted by Crippen LogP contribution is 2.33. The Morgan fingerprint density at radius 1 is 1.15 bits per heavy atom. The highest BCUT2D eigenvalue weighted by atomic mass is 32.2. The molecule has 27 heavy (non-hydrogen) atoms. The molecule has 0 aromatic heterocycles. The summed E-state index contributed by atoms with van der Waals surface area (Å²) in [6.07, 6.45) is 1.55. The number of aliphatic carboxylic acids is 1. The lowest BCUT2D eigenvalue weighted by atomic mass is 10.1.